The molecule has 0 aliphatic carbocycles. The summed E-state index contributed by atoms with van der Waals surface area (Å²) in [7, 11) is 0. The van der Waals surface area contributed by atoms with Crippen LogP contribution in [0.25, 0.3) is 10.1 Å². The Hall–Kier alpha value is -0.610. The smallest absolute Gasteiger partial charge is 0.0637 e. The van der Waals surface area contributed by atoms with E-state index in [4.69, 9.17) is 17.3 Å². The molecule has 1 aliphatic heterocycles. The molecule has 0 saturated carbocycles. The van der Waals surface area contributed by atoms with E-state index in [1.165, 1.54) is 21.4 Å². The zero-order chi connectivity index (χ0) is 13.4. The number of hydrogen-bond acceptors (Lipinski definition) is 3. The third kappa shape index (κ3) is 2.65. The fourth-order valence-corrected chi connectivity index (χ4v) is 4.22. The second-order valence-electron chi connectivity index (χ2n) is 5.50. The zero-order valence-corrected chi connectivity index (χ0v) is 12.7. The first kappa shape index (κ1) is 13.4. The van der Waals surface area contributed by atoms with Gasteiger partial charge in [0, 0.05) is 34.1 Å². The van der Waals surface area contributed by atoms with Crippen molar-refractivity contribution in [3.63, 3.8) is 0 Å². The average molecular weight is 295 g/mol. The van der Waals surface area contributed by atoms with Gasteiger partial charge in [0.05, 0.1) is 5.02 Å². The summed E-state index contributed by atoms with van der Waals surface area (Å²) in [6, 6.07) is 8.64. The van der Waals surface area contributed by atoms with Crippen LogP contribution in [-0.4, -0.2) is 24.0 Å². The summed E-state index contributed by atoms with van der Waals surface area (Å²) in [5.74, 6) is 0.633. The number of hydrogen-bond donors (Lipinski definition) is 1. The minimum atomic E-state index is 0.293. The number of rotatable bonds is 2. The van der Waals surface area contributed by atoms with E-state index in [1.54, 1.807) is 11.3 Å². The molecule has 0 radical (unpaired) electrons. The fraction of sp³-hybridized carbons (Fsp3) is 0.467. The maximum atomic E-state index is 6.49. The molecular formula is C15H19ClN2S. The van der Waals surface area contributed by atoms with Crippen LogP contribution in [0.4, 0.5) is 0 Å². The van der Waals surface area contributed by atoms with Crippen LogP contribution in [-0.2, 0) is 6.54 Å². The van der Waals surface area contributed by atoms with Crippen molar-refractivity contribution in [1.29, 1.82) is 0 Å². The molecule has 2 atom stereocenters. The summed E-state index contributed by atoms with van der Waals surface area (Å²) >= 11 is 8.30. The largest absolute Gasteiger partial charge is 0.326 e. The molecule has 4 heteroatoms. The predicted molar refractivity (Wildman–Crippen MR) is 83.9 cm³/mol. The molecule has 2 heterocycles. The molecule has 3 rings (SSSR count). The monoisotopic (exact) mass is 294 g/mol. The van der Waals surface area contributed by atoms with E-state index < -0.39 is 0 Å². The summed E-state index contributed by atoms with van der Waals surface area (Å²) < 4.78 is 1.28. The number of likely N-dealkylation sites (tertiary alicyclic amines) is 1. The van der Waals surface area contributed by atoms with Gasteiger partial charge >= 0.3 is 0 Å². The third-order valence-electron chi connectivity index (χ3n) is 4.07. The summed E-state index contributed by atoms with van der Waals surface area (Å²) in [4.78, 5) is 3.70. The average Bonchev–Trinajstić information content (AvgIpc) is 2.72. The van der Waals surface area contributed by atoms with Crippen LogP contribution in [0, 0.1) is 5.92 Å². The zero-order valence-electron chi connectivity index (χ0n) is 11.1. The molecule has 1 fully saturated rings. The van der Waals surface area contributed by atoms with E-state index in [0.717, 1.165) is 24.7 Å². The summed E-state index contributed by atoms with van der Waals surface area (Å²) in [5.41, 5.74) is 6.16. The molecule has 2 unspecified atom stereocenters. The Kier molecular flexibility index (Phi) is 3.81. The van der Waals surface area contributed by atoms with Gasteiger partial charge < -0.3 is 5.73 Å². The van der Waals surface area contributed by atoms with Crippen molar-refractivity contribution in [3.05, 3.63) is 34.2 Å². The number of benzene rings is 1. The molecular weight excluding hydrogens is 276 g/mol. The van der Waals surface area contributed by atoms with E-state index in [2.05, 4.69) is 30.0 Å². The second kappa shape index (κ2) is 5.41. The van der Waals surface area contributed by atoms with Crippen molar-refractivity contribution in [2.45, 2.75) is 25.9 Å². The van der Waals surface area contributed by atoms with E-state index >= 15 is 0 Å². The normalized spacial score (nSPS) is 25.0. The predicted octanol–water partition coefficient (Wildman–Crippen LogP) is 3.72. The van der Waals surface area contributed by atoms with Gasteiger partial charge in [-0.25, -0.2) is 0 Å². The van der Waals surface area contributed by atoms with Gasteiger partial charge in [0.15, 0.2) is 0 Å². The lowest BCUT2D eigenvalue weighted by Crippen LogP contribution is -2.46. The maximum Gasteiger partial charge on any atom is 0.0637 e. The van der Waals surface area contributed by atoms with Crippen LogP contribution in [0.3, 0.4) is 0 Å². The number of nitrogens with two attached hydrogens (primary N) is 1. The van der Waals surface area contributed by atoms with Crippen molar-refractivity contribution in [1.82, 2.24) is 4.90 Å². The highest BCUT2D eigenvalue weighted by Crippen LogP contribution is 2.36. The molecule has 0 amide bonds. The van der Waals surface area contributed by atoms with Crippen LogP contribution in [0.5, 0.6) is 0 Å². The van der Waals surface area contributed by atoms with Gasteiger partial charge in [-0.15, -0.1) is 11.3 Å². The lowest BCUT2D eigenvalue weighted by molar-refractivity contribution is 0.163. The van der Waals surface area contributed by atoms with E-state index in [0.29, 0.717) is 12.0 Å². The third-order valence-corrected chi connectivity index (χ3v) is 5.77. The van der Waals surface area contributed by atoms with Gasteiger partial charge in [-0.2, -0.15) is 0 Å². The van der Waals surface area contributed by atoms with Crippen molar-refractivity contribution in [3.8, 4) is 0 Å². The van der Waals surface area contributed by atoms with Crippen molar-refractivity contribution >= 4 is 33.0 Å². The Labute approximate surface area is 123 Å². The van der Waals surface area contributed by atoms with Gasteiger partial charge in [0.1, 0.15) is 0 Å². The molecule has 1 aromatic carbocycles. The topological polar surface area (TPSA) is 29.3 Å². The summed E-state index contributed by atoms with van der Waals surface area (Å²) in [6.45, 7) is 5.28. The van der Waals surface area contributed by atoms with Crippen LogP contribution in [0.15, 0.2) is 24.3 Å². The first-order valence-electron chi connectivity index (χ1n) is 6.79. The van der Waals surface area contributed by atoms with Crippen LogP contribution in [0.2, 0.25) is 5.02 Å². The molecule has 2 N–H and O–H groups in total. The standard InChI is InChI=1S/C15H19ClN2S/c1-10-6-7-18(8-12(10)17)9-14-15(16)11-4-2-3-5-13(11)19-14/h2-5,10,12H,6-9,17H2,1H3. The molecule has 19 heavy (non-hydrogen) atoms. The van der Waals surface area contributed by atoms with Gasteiger partial charge in [-0.3, -0.25) is 4.90 Å². The molecule has 0 bridgehead atoms. The van der Waals surface area contributed by atoms with Crippen molar-refractivity contribution in [2.24, 2.45) is 11.7 Å². The molecule has 1 aliphatic rings. The molecule has 102 valence electrons. The maximum absolute atomic E-state index is 6.49. The van der Waals surface area contributed by atoms with E-state index in [-0.39, 0.29) is 0 Å². The Bertz CT molecular complexity index is 581. The Morgan fingerprint density at radius 2 is 2.21 bits per heavy atom. The summed E-state index contributed by atoms with van der Waals surface area (Å²) in [5, 5.41) is 2.10. The summed E-state index contributed by atoms with van der Waals surface area (Å²) in [6.07, 6.45) is 1.18. The number of fused-ring (bicyclic) bond motifs is 1. The molecule has 2 aromatic rings. The molecule has 0 spiro atoms. The SMILES string of the molecule is CC1CCN(Cc2sc3ccccc3c2Cl)CC1N. The fourth-order valence-electron chi connectivity index (χ4n) is 2.68. The Morgan fingerprint density at radius 1 is 1.42 bits per heavy atom. The second-order valence-corrected chi connectivity index (χ2v) is 7.02. The lowest BCUT2D eigenvalue weighted by atomic mass is 9.94. The Morgan fingerprint density at radius 3 is 2.95 bits per heavy atom. The molecule has 1 saturated heterocycles. The quantitative estimate of drug-likeness (QED) is 0.914. The van der Waals surface area contributed by atoms with Crippen molar-refractivity contribution in [2.75, 3.05) is 13.1 Å². The van der Waals surface area contributed by atoms with Gasteiger partial charge in [-0.05, 0) is 24.9 Å². The lowest BCUT2D eigenvalue weighted by Gasteiger charge is -2.34. The Balaban J connectivity index is 1.80. The highest BCUT2D eigenvalue weighted by molar-refractivity contribution is 7.19. The first-order chi connectivity index (χ1) is 9.15. The number of nitrogens with zero attached hydrogens (tertiary/aromatic N) is 1. The highest BCUT2D eigenvalue weighted by Gasteiger charge is 2.24. The molecule has 2 nitrogen and oxygen atoms in total. The van der Waals surface area contributed by atoms with Crippen molar-refractivity contribution < 1.29 is 0 Å². The van der Waals surface area contributed by atoms with Gasteiger partial charge in [0.2, 0.25) is 0 Å². The van der Waals surface area contributed by atoms with E-state index in [9.17, 15) is 0 Å². The van der Waals surface area contributed by atoms with Crippen LogP contribution in [0.1, 0.15) is 18.2 Å². The van der Waals surface area contributed by atoms with Gasteiger partial charge in [0.25, 0.3) is 0 Å². The van der Waals surface area contributed by atoms with Crippen LogP contribution >= 0.6 is 22.9 Å². The van der Waals surface area contributed by atoms with Crippen LogP contribution < -0.4 is 5.73 Å². The minimum Gasteiger partial charge on any atom is -0.326 e. The van der Waals surface area contributed by atoms with Gasteiger partial charge in [-0.1, -0.05) is 36.7 Å². The minimum absolute atomic E-state index is 0.293. The number of halogens is 1. The number of piperidine rings is 1. The molecule has 1 aromatic heterocycles. The number of thiophene rings is 1. The first-order valence-corrected chi connectivity index (χ1v) is 7.98. The highest BCUT2D eigenvalue weighted by atomic mass is 35.5. The van der Waals surface area contributed by atoms with E-state index in [1.807, 2.05) is 6.07 Å².